The number of sulfone groups is 1. The first kappa shape index (κ1) is 18.9. The maximum Gasteiger partial charge on any atom is 0.226 e. The van der Waals surface area contributed by atoms with Gasteiger partial charge in [0.2, 0.25) is 5.91 Å². The number of amides is 1. The summed E-state index contributed by atoms with van der Waals surface area (Å²) in [6, 6.07) is 16.5. The summed E-state index contributed by atoms with van der Waals surface area (Å²) in [7, 11) is -3.20. The number of rotatable bonds is 5. The third kappa shape index (κ3) is 4.86. The van der Waals surface area contributed by atoms with Gasteiger partial charge in [-0.2, -0.15) is 0 Å². The molecule has 2 aromatic carbocycles. The zero-order valence-electron chi connectivity index (χ0n) is 14.5. The van der Waals surface area contributed by atoms with E-state index < -0.39 is 9.84 Å². The maximum atomic E-state index is 12.6. The highest BCUT2D eigenvalue weighted by molar-refractivity contribution is 7.91. The molecule has 1 heterocycles. The molecule has 1 aliphatic heterocycles. The summed E-state index contributed by atoms with van der Waals surface area (Å²) >= 11 is 5.86. The molecule has 0 atom stereocenters. The van der Waals surface area contributed by atoms with Crippen LogP contribution in [0.5, 0.6) is 0 Å². The van der Waals surface area contributed by atoms with Crippen molar-refractivity contribution >= 4 is 27.3 Å². The molecule has 2 aromatic rings. The van der Waals surface area contributed by atoms with Gasteiger partial charge in [-0.15, -0.1) is 0 Å². The van der Waals surface area contributed by atoms with Crippen LogP contribution in [0.1, 0.15) is 24.0 Å². The van der Waals surface area contributed by atoms with Crippen molar-refractivity contribution in [3.63, 3.8) is 0 Å². The van der Waals surface area contributed by atoms with Gasteiger partial charge >= 0.3 is 0 Å². The second-order valence-electron chi connectivity index (χ2n) is 6.68. The quantitative estimate of drug-likeness (QED) is 0.783. The van der Waals surface area contributed by atoms with E-state index >= 15 is 0 Å². The number of hydrogen-bond acceptors (Lipinski definition) is 3. The molecule has 3 rings (SSSR count). The number of halogens is 1. The van der Waals surface area contributed by atoms with Crippen molar-refractivity contribution in [2.24, 2.45) is 0 Å². The van der Waals surface area contributed by atoms with Gasteiger partial charge in [0.1, 0.15) is 0 Å². The molecule has 138 valence electrons. The van der Waals surface area contributed by atoms with Crippen LogP contribution >= 0.6 is 11.6 Å². The Kier molecular flexibility index (Phi) is 5.99. The third-order valence-corrected chi connectivity index (χ3v) is 7.26. The van der Waals surface area contributed by atoms with Gasteiger partial charge < -0.3 is 4.90 Å². The number of likely N-dealkylation sites (tertiary alicyclic amines) is 1. The van der Waals surface area contributed by atoms with Crippen LogP contribution in [0.2, 0.25) is 5.02 Å². The van der Waals surface area contributed by atoms with Crippen molar-refractivity contribution in [2.45, 2.75) is 30.3 Å². The number of piperidine rings is 1. The van der Waals surface area contributed by atoms with E-state index in [-0.39, 0.29) is 16.9 Å². The predicted molar refractivity (Wildman–Crippen MR) is 104 cm³/mol. The largest absolute Gasteiger partial charge is 0.342 e. The van der Waals surface area contributed by atoms with Gasteiger partial charge in [0, 0.05) is 18.1 Å². The summed E-state index contributed by atoms with van der Waals surface area (Å²) in [5.41, 5.74) is 1.73. The van der Waals surface area contributed by atoms with Crippen molar-refractivity contribution in [3.05, 3.63) is 70.7 Å². The topological polar surface area (TPSA) is 54.5 Å². The van der Waals surface area contributed by atoms with Gasteiger partial charge in [-0.25, -0.2) is 8.42 Å². The van der Waals surface area contributed by atoms with Crippen molar-refractivity contribution < 1.29 is 13.2 Å². The lowest BCUT2D eigenvalue weighted by molar-refractivity contribution is -0.131. The summed E-state index contributed by atoms with van der Waals surface area (Å²) in [5, 5.41) is 0.271. The lowest BCUT2D eigenvalue weighted by Gasteiger charge is -2.32. The minimum absolute atomic E-state index is 0.0335. The fourth-order valence-electron chi connectivity index (χ4n) is 3.28. The average Bonchev–Trinajstić information content (AvgIpc) is 2.64. The molecular weight excluding hydrogens is 370 g/mol. The normalized spacial score (nSPS) is 15.8. The summed E-state index contributed by atoms with van der Waals surface area (Å²) in [5.74, 6) is 0.100. The first-order valence-electron chi connectivity index (χ1n) is 8.72. The molecule has 26 heavy (non-hydrogen) atoms. The van der Waals surface area contributed by atoms with Gasteiger partial charge in [0.05, 0.1) is 17.4 Å². The maximum absolute atomic E-state index is 12.6. The number of hydrogen-bond donors (Lipinski definition) is 0. The molecule has 1 fully saturated rings. The van der Waals surface area contributed by atoms with Crippen LogP contribution < -0.4 is 0 Å². The van der Waals surface area contributed by atoms with Crippen molar-refractivity contribution in [1.82, 2.24) is 4.90 Å². The van der Waals surface area contributed by atoms with E-state index in [1.807, 2.05) is 42.5 Å². The summed E-state index contributed by atoms with van der Waals surface area (Å²) < 4.78 is 25.3. The number of benzene rings is 2. The Morgan fingerprint density at radius 1 is 0.962 bits per heavy atom. The van der Waals surface area contributed by atoms with Crippen LogP contribution in [-0.4, -0.2) is 37.6 Å². The molecule has 1 aliphatic rings. The van der Waals surface area contributed by atoms with Crippen LogP contribution in [0.4, 0.5) is 0 Å². The van der Waals surface area contributed by atoms with Crippen molar-refractivity contribution in [2.75, 3.05) is 13.1 Å². The lowest BCUT2D eigenvalue weighted by Crippen LogP contribution is -2.43. The number of carbonyl (C=O) groups is 1. The average molecular weight is 392 g/mol. The Morgan fingerprint density at radius 3 is 2.19 bits per heavy atom. The first-order chi connectivity index (χ1) is 12.4. The summed E-state index contributed by atoms with van der Waals surface area (Å²) in [6.45, 7) is 0.982. The van der Waals surface area contributed by atoms with E-state index in [0.717, 1.165) is 11.1 Å². The molecule has 0 radical (unpaired) electrons. The van der Waals surface area contributed by atoms with E-state index in [9.17, 15) is 13.2 Å². The Balaban J connectivity index is 1.54. The van der Waals surface area contributed by atoms with E-state index in [0.29, 0.717) is 37.4 Å². The van der Waals surface area contributed by atoms with Crippen LogP contribution in [0, 0.1) is 0 Å². The Morgan fingerprint density at radius 2 is 1.58 bits per heavy atom. The lowest BCUT2D eigenvalue weighted by atomic mass is 10.1. The minimum atomic E-state index is -3.20. The highest BCUT2D eigenvalue weighted by Gasteiger charge is 2.31. The Bertz CT molecular complexity index is 842. The van der Waals surface area contributed by atoms with Crippen molar-refractivity contribution in [1.29, 1.82) is 0 Å². The highest BCUT2D eigenvalue weighted by atomic mass is 35.5. The van der Waals surface area contributed by atoms with Crippen LogP contribution in [0.15, 0.2) is 54.6 Å². The number of carbonyl (C=O) groups excluding carboxylic acids is 1. The molecule has 0 saturated carbocycles. The predicted octanol–water partition coefficient (Wildman–Crippen LogP) is 3.49. The second-order valence-corrected chi connectivity index (χ2v) is 9.39. The molecule has 0 spiro atoms. The zero-order chi connectivity index (χ0) is 18.6. The van der Waals surface area contributed by atoms with Gasteiger partial charge in [0.15, 0.2) is 9.84 Å². The molecular formula is C20H22ClNO3S. The molecule has 0 bridgehead atoms. The molecule has 1 saturated heterocycles. The standard InChI is InChI=1S/C20H22ClNO3S/c21-18-8-6-16(7-9-18)14-20(23)22-12-10-19(11-13-22)26(24,25)15-17-4-2-1-3-5-17/h1-9,19H,10-15H2. The van der Waals surface area contributed by atoms with Crippen LogP contribution in [0.3, 0.4) is 0 Å². The van der Waals surface area contributed by atoms with E-state index in [1.54, 1.807) is 17.0 Å². The number of nitrogens with zero attached hydrogens (tertiary/aromatic N) is 1. The fourth-order valence-corrected chi connectivity index (χ4v) is 5.23. The molecule has 1 amide bonds. The van der Waals surface area contributed by atoms with Gasteiger partial charge in [0.25, 0.3) is 0 Å². The molecule has 6 heteroatoms. The Labute approximate surface area is 159 Å². The third-order valence-electron chi connectivity index (χ3n) is 4.78. The molecule has 0 aliphatic carbocycles. The zero-order valence-corrected chi connectivity index (χ0v) is 16.0. The molecule has 4 nitrogen and oxygen atoms in total. The summed E-state index contributed by atoms with van der Waals surface area (Å²) in [4.78, 5) is 14.2. The minimum Gasteiger partial charge on any atom is -0.342 e. The first-order valence-corrected chi connectivity index (χ1v) is 10.8. The van der Waals surface area contributed by atoms with Crippen LogP contribution in [0.25, 0.3) is 0 Å². The van der Waals surface area contributed by atoms with Gasteiger partial charge in [-0.1, -0.05) is 54.1 Å². The van der Waals surface area contributed by atoms with E-state index in [4.69, 9.17) is 11.6 Å². The molecule has 0 unspecified atom stereocenters. The second kappa shape index (κ2) is 8.23. The summed E-state index contributed by atoms with van der Waals surface area (Å²) in [6.07, 6.45) is 1.32. The van der Waals surface area contributed by atoms with E-state index in [1.165, 1.54) is 0 Å². The Hall–Kier alpha value is -1.85. The monoisotopic (exact) mass is 391 g/mol. The van der Waals surface area contributed by atoms with Gasteiger partial charge in [-0.05, 0) is 36.1 Å². The van der Waals surface area contributed by atoms with Crippen molar-refractivity contribution in [3.8, 4) is 0 Å². The van der Waals surface area contributed by atoms with Crippen LogP contribution in [-0.2, 0) is 26.8 Å². The highest BCUT2D eigenvalue weighted by Crippen LogP contribution is 2.22. The molecule has 0 N–H and O–H groups in total. The molecule has 0 aromatic heterocycles. The van der Waals surface area contributed by atoms with E-state index in [2.05, 4.69) is 0 Å². The fraction of sp³-hybridized carbons (Fsp3) is 0.350. The smallest absolute Gasteiger partial charge is 0.226 e. The van der Waals surface area contributed by atoms with Gasteiger partial charge in [-0.3, -0.25) is 4.79 Å². The SMILES string of the molecule is O=C(Cc1ccc(Cl)cc1)N1CCC(S(=O)(=O)Cc2ccccc2)CC1.